The molecule has 25 heavy (non-hydrogen) atoms. The van der Waals surface area contributed by atoms with Gasteiger partial charge in [0, 0.05) is 17.1 Å². The van der Waals surface area contributed by atoms with E-state index in [9.17, 15) is 4.79 Å². The molecule has 0 unspecified atom stereocenters. The van der Waals surface area contributed by atoms with Crippen LogP contribution in [0.5, 0.6) is 0 Å². The lowest BCUT2D eigenvalue weighted by Crippen LogP contribution is -2.13. The van der Waals surface area contributed by atoms with Gasteiger partial charge < -0.3 is 4.52 Å². The third kappa shape index (κ3) is 2.89. The SMILES string of the molecule is Cc1ccc(-c2cc(C(=O)Nc3nccs3)c3c(C)noc3n2)cc1. The largest absolute Gasteiger partial charge is 0.335 e. The Hall–Kier alpha value is -3.06. The van der Waals surface area contributed by atoms with E-state index in [4.69, 9.17) is 4.52 Å². The van der Waals surface area contributed by atoms with Crippen molar-refractivity contribution in [2.75, 3.05) is 5.32 Å². The number of pyridine rings is 1. The van der Waals surface area contributed by atoms with Crippen LogP contribution in [0.4, 0.5) is 5.13 Å². The number of rotatable bonds is 3. The zero-order chi connectivity index (χ0) is 17.4. The van der Waals surface area contributed by atoms with Crippen molar-refractivity contribution in [3.63, 3.8) is 0 Å². The van der Waals surface area contributed by atoms with Crippen LogP contribution < -0.4 is 5.32 Å². The molecular formula is C18H14N4O2S. The molecule has 0 aliphatic heterocycles. The van der Waals surface area contributed by atoms with Crippen molar-refractivity contribution in [2.45, 2.75) is 13.8 Å². The number of hydrogen-bond acceptors (Lipinski definition) is 6. The van der Waals surface area contributed by atoms with Gasteiger partial charge in [-0.05, 0) is 19.9 Å². The van der Waals surface area contributed by atoms with Crippen LogP contribution >= 0.6 is 11.3 Å². The second-order valence-corrected chi connectivity index (χ2v) is 6.56. The Balaban J connectivity index is 1.84. The first-order valence-electron chi connectivity index (χ1n) is 7.67. The lowest BCUT2D eigenvalue weighted by Gasteiger charge is -2.07. The predicted octanol–water partition coefficient (Wildman–Crippen LogP) is 4.22. The van der Waals surface area contributed by atoms with E-state index in [-0.39, 0.29) is 5.91 Å². The third-order valence-electron chi connectivity index (χ3n) is 3.86. The molecule has 0 radical (unpaired) electrons. The second-order valence-electron chi connectivity index (χ2n) is 5.66. The zero-order valence-electron chi connectivity index (χ0n) is 13.6. The Morgan fingerprint density at radius 1 is 1.20 bits per heavy atom. The van der Waals surface area contributed by atoms with Gasteiger partial charge in [-0.3, -0.25) is 10.1 Å². The lowest BCUT2D eigenvalue weighted by atomic mass is 10.0. The van der Waals surface area contributed by atoms with Crippen LogP contribution in [0.25, 0.3) is 22.4 Å². The summed E-state index contributed by atoms with van der Waals surface area (Å²) in [5.41, 5.74) is 4.16. The van der Waals surface area contributed by atoms with Gasteiger partial charge in [-0.1, -0.05) is 35.0 Å². The van der Waals surface area contributed by atoms with E-state index in [1.54, 1.807) is 24.6 Å². The molecule has 4 aromatic rings. The second kappa shape index (κ2) is 6.10. The summed E-state index contributed by atoms with van der Waals surface area (Å²) in [4.78, 5) is 21.4. The summed E-state index contributed by atoms with van der Waals surface area (Å²) >= 11 is 1.36. The van der Waals surface area contributed by atoms with E-state index in [1.807, 2.05) is 31.2 Å². The summed E-state index contributed by atoms with van der Waals surface area (Å²) in [5.74, 6) is -0.262. The predicted molar refractivity (Wildman–Crippen MR) is 96.8 cm³/mol. The van der Waals surface area contributed by atoms with Crippen LogP contribution in [0.15, 0.2) is 46.4 Å². The van der Waals surface area contributed by atoms with E-state index >= 15 is 0 Å². The number of nitrogens with one attached hydrogen (secondary N) is 1. The monoisotopic (exact) mass is 350 g/mol. The number of hydrogen-bond donors (Lipinski definition) is 1. The van der Waals surface area contributed by atoms with Crippen molar-refractivity contribution >= 4 is 33.5 Å². The van der Waals surface area contributed by atoms with E-state index in [2.05, 4.69) is 20.4 Å². The standard InChI is InChI=1S/C18H14N4O2S/c1-10-3-5-12(6-4-10)14-9-13(15-11(2)22-24-17(15)20-14)16(23)21-18-19-7-8-25-18/h3-9H,1-2H3,(H,19,21,23). The maximum absolute atomic E-state index is 12.8. The average molecular weight is 350 g/mol. The highest BCUT2D eigenvalue weighted by Crippen LogP contribution is 2.28. The first-order valence-corrected chi connectivity index (χ1v) is 8.54. The Morgan fingerprint density at radius 2 is 2.00 bits per heavy atom. The summed E-state index contributed by atoms with van der Waals surface area (Å²) in [6.45, 7) is 3.81. The van der Waals surface area contributed by atoms with Crippen LogP contribution in [0.2, 0.25) is 0 Å². The highest BCUT2D eigenvalue weighted by Gasteiger charge is 2.20. The number of anilines is 1. The molecule has 0 spiro atoms. The number of fused-ring (bicyclic) bond motifs is 1. The number of thiazole rings is 1. The van der Waals surface area contributed by atoms with Crippen LogP contribution in [0.3, 0.4) is 0 Å². The van der Waals surface area contributed by atoms with Gasteiger partial charge in [0.05, 0.1) is 22.3 Å². The number of amides is 1. The van der Waals surface area contributed by atoms with Crippen LogP contribution in [0, 0.1) is 13.8 Å². The van der Waals surface area contributed by atoms with Gasteiger partial charge in [-0.15, -0.1) is 11.3 Å². The number of carbonyl (C=O) groups is 1. The Morgan fingerprint density at radius 3 is 2.72 bits per heavy atom. The molecule has 1 N–H and O–H groups in total. The molecule has 124 valence electrons. The molecule has 6 nitrogen and oxygen atoms in total. The minimum absolute atomic E-state index is 0.262. The quantitative estimate of drug-likeness (QED) is 0.598. The van der Waals surface area contributed by atoms with Crippen molar-refractivity contribution < 1.29 is 9.32 Å². The topological polar surface area (TPSA) is 80.9 Å². The maximum atomic E-state index is 12.8. The van der Waals surface area contributed by atoms with Crippen molar-refractivity contribution in [2.24, 2.45) is 0 Å². The highest BCUT2D eigenvalue weighted by atomic mass is 32.1. The Labute approximate surface area is 147 Å². The number of nitrogens with zero attached hydrogens (tertiary/aromatic N) is 3. The first-order chi connectivity index (χ1) is 12.1. The molecule has 1 aromatic carbocycles. The van der Waals surface area contributed by atoms with Gasteiger partial charge in [0.2, 0.25) is 0 Å². The Bertz CT molecular complexity index is 1050. The molecule has 3 aromatic heterocycles. The third-order valence-corrected chi connectivity index (χ3v) is 4.55. The number of aryl methyl sites for hydroxylation is 2. The summed E-state index contributed by atoms with van der Waals surface area (Å²) in [7, 11) is 0. The molecule has 0 atom stereocenters. The number of carbonyl (C=O) groups excluding carboxylic acids is 1. The van der Waals surface area contributed by atoms with E-state index in [0.29, 0.717) is 33.2 Å². The molecule has 0 fully saturated rings. The minimum atomic E-state index is -0.262. The molecule has 0 saturated heterocycles. The van der Waals surface area contributed by atoms with Crippen molar-refractivity contribution in [3.8, 4) is 11.3 Å². The number of aromatic nitrogens is 3. The van der Waals surface area contributed by atoms with Crippen molar-refractivity contribution in [1.29, 1.82) is 0 Å². The van der Waals surface area contributed by atoms with E-state index < -0.39 is 0 Å². The van der Waals surface area contributed by atoms with Gasteiger partial charge in [0.25, 0.3) is 11.6 Å². The van der Waals surface area contributed by atoms with Gasteiger partial charge in [-0.2, -0.15) is 0 Å². The van der Waals surface area contributed by atoms with Gasteiger partial charge in [-0.25, -0.2) is 9.97 Å². The molecule has 3 heterocycles. The van der Waals surface area contributed by atoms with E-state index in [0.717, 1.165) is 11.1 Å². The maximum Gasteiger partial charge on any atom is 0.259 e. The molecule has 4 rings (SSSR count). The fourth-order valence-electron chi connectivity index (χ4n) is 2.60. The van der Waals surface area contributed by atoms with Crippen LogP contribution in [0.1, 0.15) is 21.6 Å². The molecular weight excluding hydrogens is 336 g/mol. The summed E-state index contributed by atoms with van der Waals surface area (Å²) in [5, 5.41) is 9.72. The fraction of sp³-hybridized carbons (Fsp3) is 0.111. The van der Waals surface area contributed by atoms with Crippen LogP contribution in [-0.2, 0) is 0 Å². The minimum Gasteiger partial charge on any atom is -0.335 e. The number of benzene rings is 1. The zero-order valence-corrected chi connectivity index (χ0v) is 14.4. The lowest BCUT2D eigenvalue weighted by molar-refractivity contribution is 0.102. The normalized spacial score (nSPS) is 11.0. The summed E-state index contributed by atoms with van der Waals surface area (Å²) < 4.78 is 5.31. The molecule has 0 aliphatic rings. The van der Waals surface area contributed by atoms with Crippen LogP contribution in [-0.4, -0.2) is 21.0 Å². The molecule has 0 saturated carbocycles. The fourth-order valence-corrected chi connectivity index (χ4v) is 3.12. The van der Waals surface area contributed by atoms with Gasteiger partial charge >= 0.3 is 0 Å². The van der Waals surface area contributed by atoms with Gasteiger partial charge in [0.1, 0.15) is 0 Å². The molecule has 0 bridgehead atoms. The average Bonchev–Trinajstić information content (AvgIpc) is 3.25. The summed E-state index contributed by atoms with van der Waals surface area (Å²) in [6, 6.07) is 9.70. The van der Waals surface area contributed by atoms with E-state index in [1.165, 1.54) is 11.3 Å². The molecule has 1 amide bonds. The smallest absolute Gasteiger partial charge is 0.259 e. The van der Waals surface area contributed by atoms with Crippen molar-refractivity contribution in [1.82, 2.24) is 15.1 Å². The summed E-state index contributed by atoms with van der Waals surface area (Å²) in [6.07, 6.45) is 1.64. The molecule has 0 aliphatic carbocycles. The first kappa shape index (κ1) is 15.5. The highest BCUT2D eigenvalue weighted by molar-refractivity contribution is 7.13. The Kier molecular flexibility index (Phi) is 3.77. The molecule has 7 heteroatoms. The van der Waals surface area contributed by atoms with Crippen molar-refractivity contribution in [3.05, 3.63) is 58.7 Å². The van der Waals surface area contributed by atoms with Gasteiger partial charge in [0.15, 0.2) is 5.13 Å².